The number of fused-ring (bicyclic) bond motifs is 1. The summed E-state index contributed by atoms with van der Waals surface area (Å²) in [5, 5.41) is 5.58. The molecule has 0 amide bonds. The van der Waals surface area contributed by atoms with Crippen LogP contribution in [0.5, 0.6) is 11.5 Å². The highest BCUT2D eigenvalue weighted by molar-refractivity contribution is 5.94. The van der Waals surface area contributed by atoms with Gasteiger partial charge in [0.05, 0.1) is 14.2 Å². The molecule has 1 aromatic heterocycles. The van der Waals surface area contributed by atoms with E-state index in [4.69, 9.17) is 9.47 Å². The lowest BCUT2D eigenvalue weighted by atomic mass is 10.1. The molecule has 0 saturated carbocycles. The molecule has 4 nitrogen and oxygen atoms in total. The van der Waals surface area contributed by atoms with E-state index >= 15 is 0 Å². The Kier molecular flexibility index (Phi) is 4.32. The van der Waals surface area contributed by atoms with Crippen LogP contribution in [0.15, 0.2) is 24.4 Å². The average Bonchev–Trinajstić information content (AvgIpc) is 2.45. The number of benzene rings is 1. The summed E-state index contributed by atoms with van der Waals surface area (Å²) >= 11 is 0. The molecule has 2 rings (SSSR count). The summed E-state index contributed by atoms with van der Waals surface area (Å²) in [5.74, 6) is 2.86. The van der Waals surface area contributed by atoms with Crippen LogP contribution in [0.1, 0.15) is 20.8 Å². The molecular formula is C16H22N2O2. The van der Waals surface area contributed by atoms with Gasteiger partial charge in [-0.3, -0.25) is 0 Å². The Morgan fingerprint density at radius 1 is 1.05 bits per heavy atom. The van der Waals surface area contributed by atoms with Gasteiger partial charge in [0.15, 0.2) is 11.5 Å². The molecule has 1 aromatic carbocycles. The van der Waals surface area contributed by atoms with E-state index in [1.165, 1.54) is 0 Å². The van der Waals surface area contributed by atoms with Gasteiger partial charge < -0.3 is 14.8 Å². The van der Waals surface area contributed by atoms with E-state index in [-0.39, 0.29) is 0 Å². The molecule has 0 aliphatic heterocycles. The van der Waals surface area contributed by atoms with E-state index in [1.54, 1.807) is 14.2 Å². The topological polar surface area (TPSA) is 43.4 Å². The molecule has 1 N–H and O–H groups in total. The third-order valence-electron chi connectivity index (χ3n) is 3.63. The lowest BCUT2D eigenvalue weighted by molar-refractivity contribution is 0.356. The Morgan fingerprint density at radius 2 is 1.70 bits per heavy atom. The van der Waals surface area contributed by atoms with Gasteiger partial charge in [0.2, 0.25) is 0 Å². The van der Waals surface area contributed by atoms with E-state index < -0.39 is 0 Å². The summed E-state index contributed by atoms with van der Waals surface area (Å²) in [7, 11) is 3.29. The molecule has 108 valence electrons. The first-order valence-electron chi connectivity index (χ1n) is 6.84. The van der Waals surface area contributed by atoms with Crippen molar-refractivity contribution >= 4 is 16.6 Å². The smallest absolute Gasteiger partial charge is 0.161 e. The first-order chi connectivity index (χ1) is 9.56. The number of methoxy groups -OCH3 is 2. The average molecular weight is 274 g/mol. The number of nitrogens with zero attached hydrogens (tertiary/aromatic N) is 1. The van der Waals surface area contributed by atoms with Gasteiger partial charge in [0, 0.05) is 17.6 Å². The Bertz CT molecular complexity index is 596. The van der Waals surface area contributed by atoms with Crippen molar-refractivity contribution < 1.29 is 9.47 Å². The number of pyridine rings is 1. The zero-order chi connectivity index (χ0) is 14.7. The number of hydrogen-bond donors (Lipinski definition) is 1. The molecule has 0 bridgehead atoms. The molecule has 0 saturated heterocycles. The minimum atomic E-state index is 0.348. The van der Waals surface area contributed by atoms with Gasteiger partial charge in [-0.15, -0.1) is 0 Å². The molecule has 0 aliphatic carbocycles. The highest BCUT2D eigenvalue weighted by atomic mass is 16.5. The normalized spacial score (nSPS) is 12.5. The second-order valence-electron chi connectivity index (χ2n) is 5.26. The van der Waals surface area contributed by atoms with E-state index in [2.05, 4.69) is 31.1 Å². The summed E-state index contributed by atoms with van der Waals surface area (Å²) in [6, 6.07) is 6.27. The van der Waals surface area contributed by atoms with Crippen molar-refractivity contribution in [2.75, 3.05) is 19.5 Å². The molecule has 0 radical (unpaired) electrons. The largest absolute Gasteiger partial charge is 0.493 e. The van der Waals surface area contributed by atoms with Crippen LogP contribution in [0.3, 0.4) is 0 Å². The summed E-state index contributed by atoms with van der Waals surface area (Å²) in [6.07, 6.45) is 1.81. The van der Waals surface area contributed by atoms with Crippen molar-refractivity contribution in [1.82, 2.24) is 4.98 Å². The zero-order valence-corrected chi connectivity index (χ0v) is 12.7. The predicted molar refractivity (Wildman–Crippen MR) is 82.8 cm³/mol. The van der Waals surface area contributed by atoms with Crippen molar-refractivity contribution in [2.24, 2.45) is 5.92 Å². The lowest BCUT2D eigenvalue weighted by Gasteiger charge is -2.19. The van der Waals surface area contributed by atoms with E-state index in [9.17, 15) is 0 Å². The van der Waals surface area contributed by atoms with Crippen LogP contribution < -0.4 is 14.8 Å². The maximum Gasteiger partial charge on any atom is 0.161 e. The zero-order valence-electron chi connectivity index (χ0n) is 12.7. The summed E-state index contributed by atoms with van der Waals surface area (Å²) < 4.78 is 10.7. The molecular weight excluding hydrogens is 252 g/mol. The monoisotopic (exact) mass is 274 g/mol. The van der Waals surface area contributed by atoms with Gasteiger partial charge in [-0.25, -0.2) is 4.98 Å². The molecule has 0 aliphatic rings. The molecule has 20 heavy (non-hydrogen) atoms. The fraction of sp³-hybridized carbons (Fsp3) is 0.438. The van der Waals surface area contributed by atoms with Gasteiger partial charge >= 0.3 is 0 Å². The lowest BCUT2D eigenvalue weighted by Crippen LogP contribution is -2.22. The minimum Gasteiger partial charge on any atom is -0.493 e. The third kappa shape index (κ3) is 2.79. The third-order valence-corrected chi connectivity index (χ3v) is 3.63. The van der Waals surface area contributed by atoms with E-state index in [0.29, 0.717) is 17.7 Å². The number of anilines is 1. The fourth-order valence-corrected chi connectivity index (χ4v) is 2.00. The number of hydrogen-bond acceptors (Lipinski definition) is 4. The van der Waals surface area contributed by atoms with Crippen LogP contribution in [0.4, 0.5) is 5.82 Å². The van der Waals surface area contributed by atoms with Crippen LogP contribution >= 0.6 is 0 Å². The minimum absolute atomic E-state index is 0.348. The number of rotatable bonds is 5. The second-order valence-corrected chi connectivity index (χ2v) is 5.26. The maximum atomic E-state index is 5.37. The van der Waals surface area contributed by atoms with Crippen molar-refractivity contribution in [3.05, 3.63) is 24.4 Å². The van der Waals surface area contributed by atoms with Gasteiger partial charge in [-0.2, -0.15) is 0 Å². The molecule has 4 heteroatoms. The van der Waals surface area contributed by atoms with Crippen molar-refractivity contribution in [2.45, 2.75) is 26.8 Å². The Labute approximate surface area is 120 Å². The number of nitrogens with one attached hydrogen (secondary N) is 1. The fourth-order valence-electron chi connectivity index (χ4n) is 2.00. The van der Waals surface area contributed by atoms with Crippen molar-refractivity contribution in [3.63, 3.8) is 0 Å². The van der Waals surface area contributed by atoms with Crippen LogP contribution in [0.25, 0.3) is 10.8 Å². The molecule has 1 atom stereocenters. The highest BCUT2D eigenvalue weighted by Crippen LogP contribution is 2.34. The van der Waals surface area contributed by atoms with Crippen LogP contribution in [-0.2, 0) is 0 Å². The van der Waals surface area contributed by atoms with E-state index in [1.807, 2.05) is 24.4 Å². The molecule has 2 aromatic rings. The molecule has 1 heterocycles. The SMILES string of the molecule is COc1cc2ccnc(NC(C)C(C)C)c2cc1OC. The predicted octanol–water partition coefficient (Wildman–Crippen LogP) is 3.71. The van der Waals surface area contributed by atoms with Gasteiger partial charge in [-0.05, 0) is 36.4 Å². The standard InChI is InChI=1S/C16H22N2O2/c1-10(2)11(3)18-16-13-9-15(20-5)14(19-4)8-12(13)6-7-17-16/h6-11H,1-5H3,(H,17,18). The second kappa shape index (κ2) is 5.99. The Hall–Kier alpha value is -1.97. The summed E-state index contributed by atoms with van der Waals surface area (Å²) in [5.41, 5.74) is 0. The first-order valence-corrected chi connectivity index (χ1v) is 6.84. The molecule has 1 unspecified atom stereocenters. The Balaban J connectivity index is 2.50. The van der Waals surface area contributed by atoms with Crippen LogP contribution in [-0.4, -0.2) is 25.2 Å². The van der Waals surface area contributed by atoms with Crippen molar-refractivity contribution in [3.8, 4) is 11.5 Å². The van der Waals surface area contributed by atoms with Gasteiger partial charge in [0.1, 0.15) is 5.82 Å². The summed E-state index contributed by atoms with van der Waals surface area (Å²) in [4.78, 5) is 4.45. The van der Waals surface area contributed by atoms with Crippen LogP contribution in [0, 0.1) is 5.92 Å². The first kappa shape index (κ1) is 14.4. The quantitative estimate of drug-likeness (QED) is 0.902. The number of ether oxygens (including phenoxy) is 2. The van der Waals surface area contributed by atoms with Crippen molar-refractivity contribution in [1.29, 1.82) is 0 Å². The molecule has 0 spiro atoms. The highest BCUT2D eigenvalue weighted by Gasteiger charge is 2.12. The van der Waals surface area contributed by atoms with Crippen LogP contribution in [0.2, 0.25) is 0 Å². The van der Waals surface area contributed by atoms with Gasteiger partial charge in [0.25, 0.3) is 0 Å². The molecule has 0 fully saturated rings. The van der Waals surface area contributed by atoms with Gasteiger partial charge in [-0.1, -0.05) is 13.8 Å². The summed E-state index contributed by atoms with van der Waals surface area (Å²) in [6.45, 7) is 6.53. The van der Waals surface area contributed by atoms with E-state index in [0.717, 1.165) is 22.3 Å². The number of aromatic nitrogens is 1. The Morgan fingerprint density at radius 3 is 2.30 bits per heavy atom. The maximum absolute atomic E-state index is 5.37.